The van der Waals surface area contributed by atoms with E-state index in [0.29, 0.717) is 0 Å². The SMILES string of the molecule is S=C=Nc1ncc(Cl)nc1Cl. The number of aliphatic imine (C=N–C) groups is 1. The van der Waals surface area contributed by atoms with Crippen molar-refractivity contribution in [3.05, 3.63) is 16.5 Å². The number of aromatic nitrogens is 2. The normalized spacial score (nSPS) is 8.91. The Labute approximate surface area is 78.1 Å². The molecule has 56 valence electrons. The van der Waals surface area contributed by atoms with Gasteiger partial charge in [-0.15, -0.1) is 0 Å². The van der Waals surface area contributed by atoms with Crippen LogP contribution in [0.4, 0.5) is 5.82 Å². The molecule has 0 aliphatic heterocycles. The van der Waals surface area contributed by atoms with Crippen molar-refractivity contribution in [2.75, 3.05) is 0 Å². The second-order valence-corrected chi connectivity index (χ2v) is 2.44. The summed E-state index contributed by atoms with van der Waals surface area (Å²) in [5.41, 5.74) is 0. The van der Waals surface area contributed by atoms with E-state index in [0.717, 1.165) is 0 Å². The molecule has 0 aliphatic carbocycles. The fourth-order valence-corrected chi connectivity index (χ4v) is 0.904. The summed E-state index contributed by atoms with van der Waals surface area (Å²) in [6.07, 6.45) is 1.33. The molecule has 0 saturated carbocycles. The third kappa shape index (κ3) is 2.20. The number of nitrogens with zero attached hydrogens (tertiary/aromatic N) is 3. The zero-order valence-corrected chi connectivity index (χ0v) is 7.41. The van der Waals surface area contributed by atoms with Crippen molar-refractivity contribution in [2.24, 2.45) is 4.99 Å². The Kier molecular flexibility index (Phi) is 2.91. The predicted octanol–water partition coefficient (Wildman–Crippen LogP) is 2.52. The third-order valence-electron chi connectivity index (χ3n) is 0.834. The van der Waals surface area contributed by atoms with Crippen LogP contribution in [0.1, 0.15) is 0 Å². The second kappa shape index (κ2) is 3.74. The standard InChI is InChI=1S/C5HCl2N3S/c6-3-1-8-5(9-2-11)4(7)10-3/h1H. The Bertz CT molecular complexity index is 322. The second-order valence-electron chi connectivity index (χ2n) is 1.51. The number of thiocarbonyl (C=S) groups is 1. The van der Waals surface area contributed by atoms with Crippen LogP contribution >= 0.6 is 35.4 Å². The minimum atomic E-state index is 0.120. The summed E-state index contributed by atoms with van der Waals surface area (Å²) < 4.78 is 0. The van der Waals surface area contributed by atoms with Crippen molar-refractivity contribution in [1.29, 1.82) is 0 Å². The molecule has 11 heavy (non-hydrogen) atoms. The lowest BCUT2D eigenvalue weighted by Gasteiger charge is -1.92. The van der Waals surface area contributed by atoms with Gasteiger partial charge in [0.2, 0.25) is 0 Å². The zero-order chi connectivity index (χ0) is 8.27. The molecular weight excluding hydrogens is 205 g/mol. The van der Waals surface area contributed by atoms with Gasteiger partial charge in [0, 0.05) is 0 Å². The highest BCUT2D eigenvalue weighted by molar-refractivity contribution is 7.78. The van der Waals surface area contributed by atoms with Gasteiger partial charge in [-0.25, -0.2) is 9.97 Å². The topological polar surface area (TPSA) is 38.1 Å². The van der Waals surface area contributed by atoms with Crippen LogP contribution in [-0.2, 0) is 0 Å². The molecule has 0 spiro atoms. The molecule has 0 saturated heterocycles. The minimum Gasteiger partial charge on any atom is -0.231 e. The van der Waals surface area contributed by atoms with E-state index in [1.807, 2.05) is 0 Å². The number of hydrogen-bond acceptors (Lipinski definition) is 4. The molecule has 0 aliphatic rings. The van der Waals surface area contributed by atoms with Crippen molar-refractivity contribution in [2.45, 2.75) is 0 Å². The number of isothiocyanates is 1. The fraction of sp³-hybridized carbons (Fsp3) is 0. The van der Waals surface area contributed by atoms with Crippen molar-refractivity contribution in [1.82, 2.24) is 9.97 Å². The Morgan fingerprint density at radius 1 is 1.55 bits per heavy atom. The lowest BCUT2D eigenvalue weighted by molar-refractivity contribution is 1.18. The van der Waals surface area contributed by atoms with E-state index in [1.54, 1.807) is 0 Å². The maximum atomic E-state index is 5.57. The number of hydrogen-bond donors (Lipinski definition) is 0. The van der Waals surface area contributed by atoms with E-state index in [9.17, 15) is 0 Å². The summed E-state index contributed by atoms with van der Waals surface area (Å²) in [6, 6.07) is 0. The zero-order valence-electron chi connectivity index (χ0n) is 5.08. The van der Waals surface area contributed by atoms with Crippen LogP contribution in [0.25, 0.3) is 0 Å². The molecule has 3 nitrogen and oxygen atoms in total. The van der Waals surface area contributed by atoms with Gasteiger partial charge in [-0.1, -0.05) is 23.2 Å². The Hall–Kier alpha value is -0.540. The predicted molar refractivity (Wildman–Crippen MR) is 46.7 cm³/mol. The van der Waals surface area contributed by atoms with E-state index in [-0.39, 0.29) is 16.1 Å². The monoisotopic (exact) mass is 205 g/mol. The summed E-state index contributed by atoms with van der Waals surface area (Å²) >= 11 is 15.4. The van der Waals surface area contributed by atoms with Crippen LogP contribution in [0, 0.1) is 0 Å². The first-order chi connectivity index (χ1) is 5.24. The van der Waals surface area contributed by atoms with E-state index >= 15 is 0 Å². The van der Waals surface area contributed by atoms with Crippen LogP contribution in [0.3, 0.4) is 0 Å². The van der Waals surface area contributed by atoms with Gasteiger partial charge in [-0.3, -0.25) is 0 Å². The lowest BCUT2D eigenvalue weighted by atomic mass is 10.7. The molecule has 0 fully saturated rings. The highest BCUT2D eigenvalue weighted by Gasteiger charge is 2.00. The first kappa shape index (κ1) is 8.56. The molecule has 1 aromatic rings. The van der Waals surface area contributed by atoms with Crippen molar-refractivity contribution in [3.8, 4) is 0 Å². The van der Waals surface area contributed by atoms with E-state index in [2.05, 4.69) is 32.3 Å². The summed E-state index contributed by atoms with van der Waals surface area (Å²) in [5.74, 6) is 0.228. The molecule has 6 heteroatoms. The summed E-state index contributed by atoms with van der Waals surface area (Å²) in [7, 11) is 0. The first-order valence-electron chi connectivity index (χ1n) is 2.50. The minimum absolute atomic E-state index is 0.120. The molecule has 0 bridgehead atoms. The van der Waals surface area contributed by atoms with E-state index < -0.39 is 0 Å². The Morgan fingerprint density at radius 2 is 2.27 bits per heavy atom. The summed E-state index contributed by atoms with van der Waals surface area (Å²) in [4.78, 5) is 11.0. The van der Waals surface area contributed by atoms with Crippen LogP contribution in [0.2, 0.25) is 10.3 Å². The average Bonchev–Trinajstić information content (AvgIpc) is 1.95. The molecule has 1 rings (SSSR count). The van der Waals surface area contributed by atoms with Gasteiger partial charge in [-0.2, -0.15) is 4.99 Å². The smallest absolute Gasteiger partial charge is 0.200 e. The summed E-state index contributed by atoms with van der Waals surface area (Å²) in [5, 5.41) is 2.46. The van der Waals surface area contributed by atoms with Crippen LogP contribution < -0.4 is 0 Å². The van der Waals surface area contributed by atoms with Gasteiger partial charge in [0.1, 0.15) is 5.15 Å². The van der Waals surface area contributed by atoms with E-state index in [4.69, 9.17) is 23.2 Å². The quantitative estimate of drug-likeness (QED) is 0.523. The maximum Gasteiger partial charge on any atom is 0.200 e. The Balaban J connectivity index is 3.19. The number of rotatable bonds is 1. The van der Waals surface area contributed by atoms with Gasteiger partial charge < -0.3 is 0 Å². The largest absolute Gasteiger partial charge is 0.231 e. The first-order valence-corrected chi connectivity index (χ1v) is 3.66. The average molecular weight is 206 g/mol. The number of halogens is 2. The maximum absolute atomic E-state index is 5.57. The fourth-order valence-electron chi connectivity index (χ4n) is 0.459. The van der Waals surface area contributed by atoms with Gasteiger partial charge >= 0.3 is 0 Å². The van der Waals surface area contributed by atoms with Gasteiger partial charge in [0.25, 0.3) is 0 Å². The molecule has 1 aromatic heterocycles. The molecule has 0 amide bonds. The molecule has 0 radical (unpaired) electrons. The third-order valence-corrected chi connectivity index (χ3v) is 1.36. The molecule has 1 heterocycles. The molecule has 0 aromatic carbocycles. The highest BCUT2D eigenvalue weighted by Crippen LogP contribution is 2.20. The van der Waals surface area contributed by atoms with Crippen LogP contribution in [0.5, 0.6) is 0 Å². The Morgan fingerprint density at radius 3 is 2.82 bits per heavy atom. The van der Waals surface area contributed by atoms with Crippen molar-refractivity contribution >= 4 is 46.4 Å². The lowest BCUT2D eigenvalue weighted by Crippen LogP contribution is -1.80. The van der Waals surface area contributed by atoms with Gasteiger partial charge in [0.15, 0.2) is 11.0 Å². The van der Waals surface area contributed by atoms with Crippen molar-refractivity contribution < 1.29 is 0 Å². The van der Waals surface area contributed by atoms with Gasteiger partial charge in [0.05, 0.1) is 11.4 Å². The van der Waals surface area contributed by atoms with Gasteiger partial charge in [-0.05, 0) is 12.2 Å². The molecule has 0 N–H and O–H groups in total. The van der Waals surface area contributed by atoms with Crippen LogP contribution in [0.15, 0.2) is 11.2 Å². The highest BCUT2D eigenvalue weighted by atomic mass is 35.5. The van der Waals surface area contributed by atoms with Crippen molar-refractivity contribution in [3.63, 3.8) is 0 Å². The van der Waals surface area contributed by atoms with Crippen LogP contribution in [-0.4, -0.2) is 15.1 Å². The summed E-state index contributed by atoms with van der Waals surface area (Å²) in [6.45, 7) is 0. The van der Waals surface area contributed by atoms with E-state index in [1.165, 1.54) is 6.20 Å². The molecule has 0 atom stereocenters. The molecule has 0 unspecified atom stereocenters. The molecular formula is C5HCl2N3S.